The number of hydrogen-bond donors (Lipinski definition) is 1. The van der Waals surface area contributed by atoms with Crippen LogP contribution in [0.3, 0.4) is 0 Å². The number of benzene rings is 1. The molecule has 0 aliphatic rings. The van der Waals surface area contributed by atoms with Crippen molar-refractivity contribution in [3.05, 3.63) is 44.5 Å². The molecule has 0 atom stereocenters. The highest BCUT2D eigenvalue weighted by Crippen LogP contribution is 2.34. The van der Waals surface area contributed by atoms with Crippen LogP contribution in [0.2, 0.25) is 15.2 Å². The summed E-state index contributed by atoms with van der Waals surface area (Å²) < 4.78 is 13.1. The van der Waals surface area contributed by atoms with E-state index in [2.05, 4.69) is 15.3 Å². The Morgan fingerprint density at radius 3 is 2.35 bits per heavy atom. The SMILES string of the molecule is Cc1nc(Cl)c(C=O)c(Nc2c(Cl)cc(F)cc2Cl)n1. The van der Waals surface area contributed by atoms with E-state index in [0.717, 1.165) is 12.1 Å². The van der Waals surface area contributed by atoms with Gasteiger partial charge in [-0.15, -0.1) is 0 Å². The number of nitrogens with zero attached hydrogens (tertiary/aromatic N) is 2. The number of anilines is 2. The maximum atomic E-state index is 13.1. The van der Waals surface area contributed by atoms with Crippen LogP contribution in [0.15, 0.2) is 12.1 Å². The van der Waals surface area contributed by atoms with Gasteiger partial charge in [0.05, 0.1) is 21.3 Å². The van der Waals surface area contributed by atoms with E-state index in [1.165, 1.54) is 0 Å². The largest absolute Gasteiger partial charge is 0.337 e. The van der Waals surface area contributed by atoms with Crippen molar-refractivity contribution >= 4 is 52.6 Å². The van der Waals surface area contributed by atoms with Crippen LogP contribution in [0.25, 0.3) is 0 Å². The van der Waals surface area contributed by atoms with Crippen molar-refractivity contribution in [2.75, 3.05) is 5.32 Å². The number of halogens is 4. The molecule has 0 fully saturated rings. The number of aryl methyl sites for hydroxylation is 1. The predicted octanol–water partition coefficient (Wildman–Crippen LogP) is 4.44. The molecule has 4 nitrogen and oxygen atoms in total. The first kappa shape index (κ1) is 15.0. The summed E-state index contributed by atoms with van der Waals surface area (Å²) in [6.45, 7) is 1.61. The molecule has 0 aliphatic heterocycles. The summed E-state index contributed by atoms with van der Waals surface area (Å²) in [6, 6.07) is 2.18. The summed E-state index contributed by atoms with van der Waals surface area (Å²) in [5.74, 6) is -0.0663. The summed E-state index contributed by atoms with van der Waals surface area (Å²) in [5, 5.41) is 2.89. The molecule has 0 radical (unpaired) electrons. The van der Waals surface area contributed by atoms with E-state index in [9.17, 15) is 9.18 Å². The first-order chi connectivity index (χ1) is 9.42. The van der Waals surface area contributed by atoms with Gasteiger partial charge in [0, 0.05) is 0 Å². The third kappa shape index (κ3) is 3.00. The molecule has 0 saturated heterocycles. The molecular weight excluding hydrogens is 328 g/mol. The zero-order chi connectivity index (χ0) is 14.9. The van der Waals surface area contributed by atoms with Gasteiger partial charge in [-0.2, -0.15) is 0 Å². The van der Waals surface area contributed by atoms with Crippen LogP contribution >= 0.6 is 34.8 Å². The van der Waals surface area contributed by atoms with Crippen molar-refractivity contribution in [1.82, 2.24) is 9.97 Å². The van der Waals surface area contributed by atoms with Gasteiger partial charge in [0.1, 0.15) is 22.6 Å². The fourth-order valence-electron chi connectivity index (χ4n) is 1.53. The molecule has 20 heavy (non-hydrogen) atoms. The molecule has 2 aromatic rings. The topological polar surface area (TPSA) is 54.9 Å². The van der Waals surface area contributed by atoms with Gasteiger partial charge in [-0.05, 0) is 19.1 Å². The molecule has 1 heterocycles. The van der Waals surface area contributed by atoms with Crippen LogP contribution in [-0.2, 0) is 0 Å². The van der Waals surface area contributed by atoms with Crippen molar-refractivity contribution < 1.29 is 9.18 Å². The average molecular weight is 335 g/mol. The monoisotopic (exact) mass is 333 g/mol. The molecular formula is C12H7Cl3FN3O. The number of rotatable bonds is 3. The predicted molar refractivity (Wildman–Crippen MR) is 76.9 cm³/mol. The van der Waals surface area contributed by atoms with E-state index in [4.69, 9.17) is 34.8 Å². The average Bonchev–Trinajstić information content (AvgIpc) is 2.33. The lowest BCUT2D eigenvalue weighted by molar-refractivity contribution is 0.112. The van der Waals surface area contributed by atoms with E-state index in [1.807, 2.05) is 0 Å². The lowest BCUT2D eigenvalue weighted by Crippen LogP contribution is -2.04. The minimum Gasteiger partial charge on any atom is -0.337 e. The molecule has 0 bridgehead atoms. The Hall–Kier alpha value is -1.43. The number of carbonyl (C=O) groups is 1. The number of carbonyl (C=O) groups excluding carboxylic acids is 1. The Morgan fingerprint density at radius 2 is 1.80 bits per heavy atom. The minimum atomic E-state index is -0.571. The van der Waals surface area contributed by atoms with Crippen LogP contribution in [0.5, 0.6) is 0 Å². The maximum Gasteiger partial charge on any atom is 0.156 e. The molecule has 1 aromatic heterocycles. The second kappa shape index (κ2) is 5.91. The van der Waals surface area contributed by atoms with Crippen molar-refractivity contribution in [3.8, 4) is 0 Å². The molecule has 1 aromatic carbocycles. The van der Waals surface area contributed by atoms with Crippen molar-refractivity contribution in [2.45, 2.75) is 6.92 Å². The summed E-state index contributed by atoms with van der Waals surface area (Å²) in [7, 11) is 0. The lowest BCUT2D eigenvalue weighted by atomic mass is 10.2. The molecule has 0 aliphatic carbocycles. The van der Waals surface area contributed by atoms with Gasteiger partial charge in [-0.25, -0.2) is 14.4 Å². The van der Waals surface area contributed by atoms with E-state index in [0.29, 0.717) is 12.1 Å². The Balaban J connectivity index is 2.53. The minimum absolute atomic E-state index is 0.00403. The van der Waals surface area contributed by atoms with Crippen LogP contribution in [0.1, 0.15) is 16.2 Å². The third-order valence-corrected chi connectivity index (χ3v) is 3.26. The van der Waals surface area contributed by atoms with Crippen LogP contribution in [0.4, 0.5) is 15.9 Å². The third-order valence-electron chi connectivity index (χ3n) is 2.38. The quantitative estimate of drug-likeness (QED) is 0.666. The van der Waals surface area contributed by atoms with Crippen molar-refractivity contribution in [3.63, 3.8) is 0 Å². The number of nitrogens with one attached hydrogen (secondary N) is 1. The molecule has 0 amide bonds. The molecule has 1 N–H and O–H groups in total. The van der Waals surface area contributed by atoms with Gasteiger partial charge in [-0.1, -0.05) is 34.8 Å². The van der Waals surface area contributed by atoms with Gasteiger partial charge in [0.25, 0.3) is 0 Å². The highest BCUT2D eigenvalue weighted by Gasteiger charge is 2.15. The maximum absolute atomic E-state index is 13.1. The lowest BCUT2D eigenvalue weighted by Gasteiger charge is -2.12. The molecule has 0 unspecified atom stereocenters. The number of aromatic nitrogens is 2. The molecule has 2 rings (SSSR count). The van der Waals surface area contributed by atoms with E-state index < -0.39 is 5.82 Å². The summed E-state index contributed by atoms with van der Waals surface area (Å²) in [5.41, 5.74) is 0.292. The zero-order valence-electron chi connectivity index (χ0n) is 10.0. The zero-order valence-corrected chi connectivity index (χ0v) is 12.3. The summed E-state index contributed by atoms with van der Waals surface area (Å²) >= 11 is 17.7. The van der Waals surface area contributed by atoms with E-state index in [1.54, 1.807) is 6.92 Å². The van der Waals surface area contributed by atoms with Gasteiger partial charge < -0.3 is 5.32 Å². The summed E-state index contributed by atoms with van der Waals surface area (Å²) in [6.07, 6.45) is 0.509. The van der Waals surface area contributed by atoms with Gasteiger partial charge in [-0.3, -0.25) is 4.79 Å². The van der Waals surface area contributed by atoms with Crippen LogP contribution in [-0.4, -0.2) is 16.3 Å². The molecule has 104 valence electrons. The fraction of sp³-hybridized carbons (Fsp3) is 0.0833. The van der Waals surface area contributed by atoms with Gasteiger partial charge in [0.2, 0.25) is 0 Å². The molecule has 0 spiro atoms. The molecule has 0 saturated carbocycles. The Bertz CT molecular complexity index is 671. The Labute approximate surface area is 128 Å². The summed E-state index contributed by atoms with van der Waals surface area (Å²) in [4.78, 5) is 19.0. The van der Waals surface area contributed by atoms with Crippen molar-refractivity contribution in [2.24, 2.45) is 0 Å². The van der Waals surface area contributed by atoms with Crippen LogP contribution < -0.4 is 5.32 Å². The normalized spacial score (nSPS) is 10.4. The first-order valence-electron chi connectivity index (χ1n) is 5.33. The first-order valence-corrected chi connectivity index (χ1v) is 6.46. The van der Waals surface area contributed by atoms with Gasteiger partial charge in [0.15, 0.2) is 6.29 Å². The number of hydrogen-bond acceptors (Lipinski definition) is 4. The smallest absolute Gasteiger partial charge is 0.156 e. The Kier molecular flexibility index (Phi) is 4.42. The molecule has 8 heteroatoms. The van der Waals surface area contributed by atoms with Gasteiger partial charge >= 0.3 is 0 Å². The fourth-order valence-corrected chi connectivity index (χ4v) is 2.34. The second-order valence-electron chi connectivity index (χ2n) is 3.81. The van der Waals surface area contributed by atoms with E-state index >= 15 is 0 Å². The van der Waals surface area contributed by atoms with Crippen molar-refractivity contribution in [1.29, 1.82) is 0 Å². The standard InChI is InChI=1S/C12H7Cl3FN3O/c1-5-17-11(15)7(4-20)12(18-5)19-10-8(13)2-6(16)3-9(10)14/h2-4H,1H3,(H,17,18,19). The Morgan fingerprint density at radius 1 is 1.20 bits per heavy atom. The second-order valence-corrected chi connectivity index (χ2v) is 4.98. The highest BCUT2D eigenvalue weighted by atomic mass is 35.5. The highest BCUT2D eigenvalue weighted by molar-refractivity contribution is 6.39. The van der Waals surface area contributed by atoms with Crippen LogP contribution in [0, 0.1) is 12.7 Å². The van der Waals surface area contributed by atoms with E-state index in [-0.39, 0.29) is 32.3 Å². The number of aldehydes is 1.